The summed E-state index contributed by atoms with van der Waals surface area (Å²) in [5, 5.41) is 4.30. The molecule has 29 heavy (non-hydrogen) atoms. The molecular weight excluding hydrogens is 392 g/mol. The van der Waals surface area contributed by atoms with E-state index < -0.39 is 0 Å². The Morgan fingerprint density at radius 1 is 1.28 bits per heavy atom. The number of ether oxygens (including phenoxy) is 2. The van der Waals surface area contributed by atoms with Gasteiger partial charge in [0, 0.05) is 49.9 Å². The summed E-state index contributed by atoms with van der Waals surface area (Å²) >= 11 is 6.15. The van der Waals surface area contributed by atoms with Gasteiger partial charge in [-0.15, -0.1) is 0 Å². The lowest BCUT2D eigenvalue weighted by Gasteiger charge is -2.14. The Labute approximate surface area is 173 Å². The minimum absolute atomic E-state index is 0.316. The van der Waals surface area contributed by atoms with Crippen molar-refractivity contribution in [3.63, 3.8) is 0 Å². The molecule has 3 rings (SSSR count). The zero-order valence-corrected chi connectivity index (χ0v) is 16.8. The highest BCUT2D eigenvalue weighted by Gasteiger charge is 2.11. The summed E-state index contributed by atoms with van der Waals surface area (Å²) in [4.78, 5) is 16.9. The zero-order valence-electron chi connectivity index (χ0n) is 16.1. The van der Waals surface area contributed by atoms with Gasteiger partial charge in [0.15, 0.2) is 5.15 Å². The van der Waals surface area contributed by atoms with Gasteiger partial charge in [-0.2, -0.15) is 0 Å². The number of aromatic nitrogens is 3. The number of pyridine rings is 1. The normalized spacial score (nSPS) is 11.9. The number of hydrogen-bond acceptors (Lipinski definition) is 8. The number of hydrogen-bond donors (Lipinski definition) is 2. The second-order valence-corrected chi connectivity index (χ2v) is 6.28. The van der Waals surface area contributed by atoms with Gasteiger partial charge in [0.2, 0.25) is 5.95 Å². The second kappa shape index (κ2) is 9.81. The monoisotopic (exact) mass is 412 g/mol. The SMILES string of the molecule is CN=CC(=CN)c1ccc(Nc2ncc3ccnc(Cl)c3n2)c(OCCOC)c1. The molecule has 0 aliphatic rings. The van der Waals surface area contributed by atoms with E-state index in [0.717, 1.165) is 16.5 Å². The molecule has 3 aromatic rings. The van der Waals surface area contributed by atoms with E-state index in [9.17, 15) is 0 Å². The fraction of sp³-hybridized carbons (Fsp3) is 0.200. The molecule has 0 atom stereocenters. The van der Waals surface area contributed by atoms with Crippen LogP contribution in [0.3, 0.4) is 0 Å². The molecule has 0 bridgehead atoms. The number of nitrogens with zero attached hydrogens (tertiary/aromatic N) is 4. The van der Waals surface area contributed by atoms with E-state index in [4.69, 9.17) is 26.8 Å². The van der Waals surface area contributed by atoms with E-state index >= 15 is 0 Å². The third-order valence-corrected chi connectivity index (χ3v) is 4.29. The predicted molar refractivity (Wildman–Crippen MR) is 116 cm³/mol. The van der Waals surface area contributed by atoms with Gasteiger partial charge in [0.05, 0.1) is 12.3 Å². The number of fused-ring (bicyclic) bond motifs is 1. The molecule has 150 valence electrons. The van der Waals surface area contributed by atoms with Crippen LogP contribution in [0.15, 0.2) is 47.9 Å². The standard InChI is InChI=1S/C20H21ClN6O2/c1-23-11-15(10-22)13-3-4-16(17(9-13)29-8-7-28-2)26-20-25-12-14-5-6-24-19(21)18(14)27-20/h3-6,9-12H,7-8,22H2,1-2H3,(H,25,26,27). The highest BCUT2D eigenvalue weighted by Crippen LogP contribution is 2.31. The fourth-order valence-corrected chi connectivity index (χ4v) is 2.82. The molecule has 0 radical (unpaired) electrons. The minimum atomic E-state index is 0.316. The molecule has 2 aromatic heterocycles. The Kier molecular flexibility index (Phi) is 6.94. The Bertz CT molecular complexity index is 1050. The summed E-state index contributed by atoms with van der Waals surface area (Å²) in [5.41, 5.74) is 8.62. The van der Waals surface area contributed by atoms with Crippen LogP contribution in [0, 0.1) is 0 Å². The zero-order chi connectivity index (χ0) is 20.6. The summed E-state index contributed by atoms with van der Waals surface area (Å²) in [6, 6.07) is 7.44. The molecule has 3 N–H and O–H groups in total. The van der Waals surface area contributed by atoms with Crippen LogP contribution in [0.2, 0.25) is 5.15 Å². The van der Waals surface area contributed by atoms with E-state index in [0.29, 0.717) is 41.3 Å². The number of nitrogens with two attached hydrogens (primary N) is 1. The van der Waals surface area contributed by atoms with Gasteiger partial charge in [0.25, 0.3) is 0 Å². The van der Waals surface area contributed by atoms with Crippen LogP contribution in [0.5, 0.6) is 5.75 Å². The van der Waals surface area contributed by atoms with Gasteiger partial charge in [-0.05, 0) is 23.8 Å². The molecule has 0 fully saturated rings. The minimum Gasteiger partial charge on any atom is -0.489 e. The fourth-order valence-electron chi connectivity index (χ4n) is 2.62. The van der Waals surface area contributed by atoms with E-state index in [-0.39, 0.29) is 0 Å². The molecule has 1 aromatic carbocycles. The van der Waals surface area contributed by atoms with Crippen molar-refractivity contribution in [2.75, 3.05) is 32.7 Å². The highest BCUT2D eigenvalue weighted by molar-refractivity contribution is 6.33. The lowest BCUT2D eigenvalue weighted by Crippen LogP contribution is -2.07. The van der Waals surface area contributed by atoms with Crippen molar-refractivity contribution in [1.82, 2.24) is 15.0 Å². The van der Waals surface area contributed by atoms with Crippen LogP contribution < -0.4 is 15.8 Å². The summed E-state index contributed by atoms with van der Waals surface area (Å²) < 4.78 is 11.0. The second-order valence-electron chi connectivity index (χ2n) is 5.92. The first-order valence-electron chi connectivity index (χ1n) is 8.80. The number of rotatable bonds is 8. The summed E-state index contributed by atoms with van der Waals surface area (Å²) in [6.45, 7) is 0.833. The molecule has 0 unspecified atom stereocenters. The Hall–Kier alpha value is -3.23. The number of nitrogens with one attached hydrogen (secondary N) is 1. The lowest BCUT2D eigenvalue weighted by molar-refractivity contribution is 0.146. The number of allylic oxidation sites excluding steroid dienone is 1. The molecule has 8 nitrogen and oxygen atoms in total. The Balaban J connectivity index is 1.95. The van der Waals surface area contributed by atoms with Crippen molar-refractivity contribution in [3.8, 4) is 5.75 Å². The van der Waals surface area contributed by atoms with Crippen LogP contribution in [-0.2, 0) is 4.74 Å². The third-order valence-electron chi connectivity index (χ3n) is 4.01. The summed E-state index contributed by atoms with van der Waals surface area (Å²) in [6.07, 6.45) is 6.48. The first-order chi connectivity index (χ1) is 14.2. The van der Waals surface area contributed by atoms with Gasteiger partial charge in [-0.25, -0.2) is 15.0 Å². The first kappa shape index (κ1) is 20.5. The van der Waals surface area contributed by atoms with E-state index in [1.54, 1.807) is 38.8 Å². The maximum absolute atomic E-state index is 6.15. The average Bonchev–Trinajstić information content (AvgIpc) is 2.74. The highest BCUT2D eigenvalue weighted by atomic mass is 35.5. The Morgan fingerprint density at radius 3 is 2.90 bits per heavy atom. The molecule has 0 saturated heterocycles. The molecular formula is C20H21ClN6O2. The lowest BCUT2D eigenvalue weighted by atomic mass is 10.1. The van der Waals surface area contributed by atoms with Gasteiger partial charge in [-0.3, -0.25) is 4.99 Å². The quantitative estimate of drug-likeness (QED) is 0.331. The largest absolute Gasteiger partial charge is 0.489 e. The number of anilines is 2. The van der Waals surface area contributed by atoms with Crippen molar-refractivity contribution in [1.29, 1.82) is 0 Å². The van der Waals surface area contributed by atoms with Crippen LogP contribution in [-0.4, -0.2) is 48.5 Å². The molecule has 0 aliphatic heterocycles. The summed E-state index contributed by atoms with van der Waals surface area (Å²) in [5.74, 6) is 0.978. The molecule has 9 heteroatoms. The van der Waals surface area contributed by atoms with Crippen molar-refractivity contribution in [2.45, 2.75) is 0 Å². The third kappa shape index (κ3) is 4.98. The van der Waals surface area contributed by atoms with Crippen LogP contribution >= 0.6 is 11.6 Å². The average molecular weight is 413 g/mol. The van der Waals surface area contributed by atoms with Crippen LogP contribution in [0.25, 0.3) is 16.5 Å². The molecule has 0 spiro atoms. The maximum Gasteiger partial charge on any atom is 0.227 e. The van der Waals surface area contributed by atoms with Crippen LogP contribution in [0.4, 0.5) is 11.6 Å². The topological polar surface area (TPSA) is 108 Å². The van der Waals surface area contributed by atoms with Crippen LogP contribution in [0.1, 0.15) is 5.56 Å². The Morgan fingerprint density at radius 2 is 2.14 bits per heavy atom. The van der Waals surface area contributed by atoms with Crippen molar-refractivity contribution >= 4 is 45.9 Å². The molecule has 0 amide bonds. The van der Waals surface area contributed by atoms with Gasteiger partial charge in [-0.1, -0.05) is 17.7 Å². The van der Waals surface area contributed by atoms with Gasteiger partial charge < -0.3 is 20.5 Å². The van der Waals surface area contributed by atoms with Crippen molar-refractivity contribution in [3.05, 3.63) is 53.6 Å². The van der Waals surface area contributed by atoms with Crippen molar-refractivity contribution in [2.24, 2.45) is 10.7 Å². The maximum atomic E-state index is 6.15. The van der Waals surface area contributed by atoms with E-state index in [2.05, 4.69) is 25.3 Å². The summed E-state index contributed by atoms with van der Waals surface area (Å²) in [7, 11) is 3.30. The van der Waals surface area contributed by atoms with Gasteiger partial charge >= 0.3 is 0 Å². The number of benzene rings is 1. The molecule has 0 aliphatic carbocycles. The molecule has 2 heterocycles. The number of halogens is 1. The number of methoxy groups -OCH3 is 1. The first-order valence-corrected chi connectivity index (χ1v) is 9.18. The number of aliphatic imine (C=N–C) groups is 1. The smallest absolute Gasteiger partial charge is 0.227 e. The van der Waals surface area contributed by atoms with Gasteiger partial charge in [0.1, 0.15) is 17.9 Å². The predicted octanol–water partition coefficient (Wildman–Crippen LogP) is 3.45. The van der Waals surface area contributed by atoms with E-state index in [1.165, 1.54) is 6.20 Å². The molecule has 0 saturated carbocycles. The van der Waals surface area contributed by atoms with E-state index in [1.807, 2.05) is 18.2 Å². The van der Waals surface area contributed by atoms with Crippen molar-refractivity contribution < 1.29 is 9.47 Å².